The average molecular weight is 566 g/mol. The van der Waals surface area contributed by atoms with Gasteiger partial charge in [-0.2, -0.15) is 0 Å². The molecule has 0 saturated carbocycles. The van der Waals surface area contributed by atoms with E-state index in [0.29, 0.717) is 0 Å². The van der Waals surface area contributed by atoms with Gasteiger partial charge >= 0.3 is 19.5 Å². The smallest absolute Gasteiger partial charge is 0.872 e. The number of sulfone groups is 1. The van der Waals surface area contributed by atoms with Crippen LogP contribution in [0.3, 0.4) is 0 Å². The van der Waals surface area contributed by atoms with Crippen LogP contribution in [-0.2, 0) is 42.2 Å². The van der Waals surface area contributed by atoms with Crippen molar-refractivity contribution >= 4 is 9.84 Å². The van der Waals surface area contributed by atoms with E-state index in [2.05, 4.69) is 13.8 Å². The monoisotopic (exact) mass is 564 g/mol. The molecule has 0 aliphatic carbocycles. The second-order valence-electron chi connectivity index (χ2n) is 9.81. The van der Waals surface area contributed by atoms with Crippen molar-refractivity contribution in [3.63, 3.8) is 0 Å². The molecule has 0 aliphatic heterocycles. The summed E-state index contributed by atoms with van der Waals surface area (Å²) >= 11 is 0. The predicted molar refractivity (Wildman–Crippen MR) is 141 cm³/mol. The van der Waals surface area contributed by atoms with Gasteiger partial charge in [-0.1, -0.05) is 127 Å². The summed E-state index contributed by atoms with van der Waals surface area (Å²) in [7, 11) is -4.16. The normalized spacial score (nSPS) is 11.4. The van der Waals surface area contributed by atoms with Crippen molar-refractivity contribution in [3.8, 4) is 11.5 Å². The molecule has 0 saturated heterocycles. The summed E-state index contributed by atoms with van der Waals surface area (Å²) in [5, 5.41) is 25.0. The fourth-order valence-electron chi connectivity index (χ4n) is 4.53. The van der Waals surface area contributed by atoms with Gasteiger partial charge in [0.15, 0.2) is 0 Å². The van der Waals surface area contributed by atoms with Crippen molar-refractivity contribution in [2.75, 3.05) is 0 Å². The van der Waals surface area contributed by atoms with E-state index in [1.165, 1.54) is 88.5 Å². The summed E-state index contributed by atoms with van der Waals surface area (Å²) in [6.07, 6.45) is 17.9. The standard InChI is InChI=1S/C30H46O4S.Zn/c1-3-5-7-9-11-13-15-17-25-19-21-27(31)29(23-25)35(33,34)30-24-26(20-22-28(30)32)18-16-14-12-10-8-6-4-2;/h19-24,31-32H,3-18H2,1-2H3;/q;+2/p-2. The van der Waals surface area contributed by atoms with Crippen LogP contribution in [0.1, 0.15) is 115 Å². The summed E-state index contributed by atoms with van der Waals surface area (Å²) < 4.78 is 26.7. The molecule has 0 aliphatic rings. The fraction of sp³-hybridized carbons (Fsp3) is 0.600. The topological polar surface area (TPSA) is 80.3 Å². The molecule has 0 heterocycles. The maximum Gasteiger partial charge on any atom is 2.00 e. The Morgan fingerprint density at radius 1 is 0.556 bits per heavy atom. The fourth-order valence-corrected chi connectivity index (χ4v) is 6.04. The molecule has 0 unspecified atom stereocenters. The van der Waals surface area contributed by atoms with E-state index < -0.39 is 21.3 Å². The number of hydrogen-bond acceptors (Lipinski definition) is 4. The van der Waals surface area contributed by atoms with Crippen LogP contribution in [0.2, 0.25) is 0 Å². The average Bonchev–Trinajstić information content (AvgIpc) is 2.84. The summed E-state index contributed by atoms with van der Waals surface area (Å²) in [5.74, 6) is -1.10. The number of rotatable bonds is 18. The third kappa shape index (κ3) is 10.9. The van der Waals surface area contributed by atoms with Gasteiger partial charge in [-0.3, -0.25) is 0 Å². The molecule has 36 heavy (non-hydrogen) atoms. The molecule has 196 valence electrons. The minimum atomic E-state index is -4.16. The zero-order chi connectivity index (χ0) is 25.5. The van der Waals surface area contributed by atoms with E-state index in [9.17, 15) is 18.6 Å². The van der Waals surface area contributed by atoms with Crippen LogP contribution in [0, 0.1) is 0 Å². The number of unbranched alkanes of at least 4 members (excludes halogenated alkanes) is 12. The van der Waals surface area contributed by atoms with Crippen molar-refractivity contribution in [2.24, 2.45) is 0 Å². The molecule has 2 aromatic carbocycles. The van der Waals surface area contributed by atoms with Crippen LogP contribution in [0.4, 0.5) is 0 Å². The molecule has 0 amide bonds. The molecule has 0 aromatic heterocycles. The van der Waals surface area contributed by atoms with Gasteiger partial charge in [0.1, 0.15) is 0 Å². The van der Waals surface area contributed by atoms with E-state index in [-0.39, 0.29) is 29.3 Å². The third-order valence-corrected chi connectivity index (χ3v) is 8.53. The first-order valence-corrected chi connectivity index (χ1v) is 15.2. The molecule has 0 N–H and O–H groups in total. The third-order valence-electron chi connectivity index (χ3n) is 6.73. The van der Waals surface area contributed by atoms with Gasteiger partial charge in [0.05, 0.1) is 9.79 Å². The van der Waals surface area contributed by atoms with E-state index in [1.807, 2.05) is 0 Å². The maximum atomic E-state index is 13.3. The van der Waals surface area contributed by atoms with Gasteiger partial charge < -0.3 is 10.2 Å². The molecule has 0 bridgehead atoms. The molecule has 2 rings (SSSR count). The van der Waals surface area contributed by atoms with E-state index in [4.69, 9.17) is 0 Å². The molecule has 0 fully saturated rings. The minimum absolute atomic E-state index is 0. The number of aryl methyl sites for hydroxylation is 2. The van der Waals surface area contributed by atoms with E-state index in [0.717, 1.165) is 49.7 Å². The Labute approximate surface area is 232 Å². The second kappa shape index (κ2) is 18.0. The predicted octanol–water partition coefficient (Wildman–Crippen LogP) is 7.25. The maximum absolute atomic E-state index is 13.3. The Morgan fingerprint density at radius 2 is 0.889 bits per heavy atom. The van der Waals surface area contributed by atoms with Gasteiger partial charge in [0, 0.05) is 0 Å². The molecule has 2 aromatic rings. The summed E-state index contributed by atoms with van der Waals surface area (Å²) in [6.45, 7) is 4.40. The van der Waals surface area contributed by atoms with Gasteiger partial charge in [0.2, 0.25) is 9.84 Å². The van der Waals surface area contributed by atoms with Crippen molar-refractivity contribution in [3.05, 3.63) is 47.5 Å². The van der Waals surface area contributed by atoms with Gasteiger partial charge in [-0.25, -0.2) is 8.42 Å². The molecule has 0 radical (unpaired) electrons. The van der Waals surface area contributed by atoms with E-state index in [1.54, 1.807) is 12.1 Å². The quantitative estimate of drug-likeness (QED) is 0.141. The van der Waals surface area contributed by atoms with Crippen molar-refractivity contribution < 1.29 is 38.1 Å². The first-order chi connectivity index (χ1) is 16.9. The molecule has 6 heteroatoms. The number of hydrogen-bond donors (Lipinski definition) is 0. The number of benzene rings is 2. The molecular formula is C30H44O4SZn. The van der Waals surface area contributed by atoms with Gasteiger partial charge in [-0.05, 0) is 48.9 Å². The summed E-state index contributed by atoms with van der Waals surface area (Å²) in [5.41, 5.74) is 1.67. The van der Waals surface area contributed by atoms with Crippen LogP contribution < -0.4 is 10.2 Å². The Balaban J connectivity index is 0.00000648. The van der Waals surface area contributed by atoms with Crippen LogP contribution in [-0.4, -0.2) is 8.42 Å². The molecule has 0 spiro atoms. The van der Waals surface area contributed by atoms with Crippen LogP contribution in [0.15, 0.2) is 46.2 Å². The summed E-state index contributed by atoms with van der Waals surface area (Å²) in [6, 6.07) is 9.06. The summed E-state index contributed by atoms with van der Waals surface area (Å²) in [4.78, 5) is -0.550. The Hall–Kier alpha value is -1.39. The molecule has 0 atom stereocenters. The van der Waals surface area contributed by atoms with Crippen molar-refractivity contribution in [1.29, 1.82) is 0 Å². The largest absolute Gasteiger partial charge is 2.00 e. The molecule has 4 nitrogen and oxygen atoms in total. The van der Waals surface area contributed by atoms with E-state index >= 15 is 0 Å². The van der Waals surface area contributed by atoms with Crippen molar-refractivity contribution in [1.82, 2.24) is 0 Å². The zero-order valence-electron chi connectivity index (χ0n) is 22.5. The SMILES string of the molecule is CCCCCCCCCc1ccc([O-])c(S(=O)(=O)c2cc(CCCCCCCCC)ccc2[O-])c1.[Zn+2]. The van der Waals surface area contributed by atoms with Crippen LogP contribution in [0.5, 0.6) is 11.5 Å². The zero-order valence-corrected chi connectivity index (χ0v) is 26.3. The Bertz CT molecular complexity index is 915. The van der Waals surface area contributed by atoms with Gasteiger partial charge in [-0.15, -0.1) is 0 Å². The Morgan fingerprint density at radius 3 is 1.25 bits per heavy atom. The van der Waals surface area contributed by atoms with Crippen LogP contribution in [0.25, 0.3) is 0 Å². The van der Waals surface area contributed by atoms with Crippen molar-refractivity contribution in [2.45, 2.75) is 126 Å². The first kappa shape index (κ1) is 32.6. The Kier molecular flexibility index (Phi) is 16.3. The van der Waals surface area contributed by atoms with Gasteiger partial charge in [0.25, 0.3) is 0 Å². The van der Waals surface area contributed by atoms with Crippen LogP contribution >= 0.6 is 0 Å². The second-order valence-corrected chi connectivity index (χ2v) is 11.7. The molecular weight excluding hydrogens is 522 g/mol. The minimum Gasteiger partial charge on any atom is -0.872 e. The first-order valence-electron chi connectivity index (χ1n) is 13.7.